The molecule has 166 valence electrons. The molecule has 0 spiro atoms. The molecule has 2 N–H and O–H groups in total. The zero-order valence-corrected chi connectivity index (χ0v) is 18.1. The highest BCUT2D eigenvalue weighted by Gasteiger charge is 2.33. The van der Waals surface area contributed by atoms with E-state index in [2.05, 4.69) is 16.5 Å². The molecular weight excluding hydrogens is 416 g/mol. The molecule has 1 fully saturated rings. The molecule has 1 saturated heterocycles. The van der Waals surface area contributed by atoms with E-state index < -0.39 is 0 Å². The van der Waals surface area contributed by atoms with Crippen molar-refractivity contribution < 1.29 is 9.53 Å². The van der Waals surface area contributed by atoms with Crippen LogP contribution in [0.5, 0.6) is 5.88 Å². The molecule has 8 nitrogen and oxygen atoms in total. The van der Waals surface area contributed by atoms with Crippen molar-refractivity contribution in [2.24, 2.45) is 0 Å². The Hall–Kier alpha value is -4.20. The van der Waals surface area contributed by atoms with Crippen molar-refractivity contribution >= 4 is 17.2 Å². The maximum atomic E-state index is 12.4. The lowest BCUT2D eigenvalue weighted by atomic mass is 10.2. The largest absolute Gasteiger partial charge is 0.473 e. The highest BCUT2D eigenvalue weighted by Crippen LogP contribution is 2.36. The number of fused-ring (bicyclic) bond motifs is 1. The number of carbonyl (C=O) groups is 1. The highest BCUT2D eigenvalue weighted by atomic mass is 16.5. The van der Waals surface area contributed by atoms with Gasteiger partial charge in [0.05, 0.1) is 6.04 Å². The highest BCUT2D eigenvalue weighted by molar-refractivity contribution is 5.88. The normalized spacial score (nSPS) is 15.6. The number of benzene rings is 1. The Kier molecular flexibility index (Phi) is 5.48. The number of nitrogens with two attached hydrogens (primary N) is 1. The van der Waals surface area contributed by atoms with Crippen molar-refractivity contribution in [3.05, 3.63) is 85.1 Å². The lowest BCUT2D eigenvalue weighted by Crippen LogP contribution is -2.29. The van der Waals surface area contributed by atoms with Gasteiger partial charge in [-0.15, -0.1) is 0 Å². The van der Waals surface area contributed by atoms with E-state index in [0.717, 1.165) is 29.8 Å². The van der Waals surface area contributed by atoms with Gasteiger partial charge in [-0.25, -0.2) is 15.0 Å². The van der Waals surface area contributed by atoms with E-state index >= 15 is 0 Å². The van der Waals surface area contributed by atoms with Crippen LogP contribution < -0.4 is 10.5 Å². The summed E-state index contributed by atoms with van der Waals surface area (Å²) in [6.07, 6.45) is 8.28. The first-order valence-corrected chi connectivity index (χ1v) is 10.8. The smallest absolute Gasteiger partial charge is 0.246 e. The Morgan fingerprint density at radius 1 is 1.21 bits per heavy atom. The molecule has 4 aromatic rings. The van der Waals surface area contributed by atoms with Gasteiger partial charge in [-0.05, 0) is 30.5 Å². The minimum Gasteiger partial charge on any atom is -0.473 e. The van der Waals surface area contributed by atoms with Gasteiger partial charge in [0, 0.05) is 36.8 Å². The molecule has 4 heterocycles. The van der Waals surface area contributed by atoms with Gasteiger partial charge in [0.2, 0.25) is 11.8 Å². The molecule has 0 saturated carbocycles. The summed E-state index contributed by atoms with van der Waals surface area (Å²) in [5, 5.41) is 0. The zero-order valence-electron chi connectivity index (χ0n) is 18.1. The molecule has 0 bridgehead atoms. The molecule has 1 atom stereocenters. The van der Waals surface area contributed by atoms with Crippen LogP contribution in [0.1, 0.15) is 30.3 Å². The van der Waals surface area contributed by atoms with Crippen LogP contribution in [0, 0.1) is 0 Å². The minimum atomic E-state index is -0.153. The van der Waals surface area contributed by atoms with Crippen LogP contribution in [0.3, 0.4) is 0 Å². The van der Waals surface area contributed by atoms with Gasteiger partial charge in [0.25, 0.3) is 0 Å². The van der Waals surface area contributed by atoms with Crippen LogP contribution in [-0.2, 0) is 11.4 Å². The van der Waals surface area contributed by atoms with Crippen molar-refractivity contribution in [3.63, 3.8) is 0 Å². The van der Waals surface area contributed by atoms with Crippen LogP contribution in [-0.4, -0.2) is 36.7 Å². The second-order valence-electron chi connectivity index (χ2n) is 7.90. The van der Waals surface area contributed by atoms with E-state index in [1.807, 2.05) is 53.1 Å². The number of rotatable bonds is 6. The monoisotopic (exact) mass is 440 g/mol. The molecule has 8 heteroatoms. The topological polar surface area (TPSA) is 98.6 Å². The number of carbonyl (C=O) groups excluding carboxylic acids is 1. The lowest BCUT2D eigenvalue weighted by Gasteiger charge is -2.22. The van der Waals surface area contributed by atoms with Gasteiger partial charge in [-0.2, -0.15) is 0 Å². The van der Waals surface area contributed by atoms with Gasteiger partial charge >= 0.3 is 0 Å². The van der Waals surface area contributed by atoms with Crippen molar-refractivity contribution in [2.75, 3.05) is 12.3 Å². The summed E-state index contributed by atoms with van der Waals surface area (Å²) in [6.45, 7) is 4.75. The molecule has 1 unspecified atom stereocenters. The number of anilines is 1. The van der Waals surface area contributed by atoms with E-state index in [9.17, 15) is 4.79 Å². The Morgan fingerprint density at radius 2 is 2.06 bits per heavy atom. The number of nitrogens with zero attached hydrogens (tertiary/aromatic N) is 5. The summed E-state index contributed by atoms with van der Waals surface area (Å²) in [5.74, 6) is 1.55. The van der Waals surface area contributed by atoms with Gasteiger partial charge in [0.15, 0.2) is 0 Å². The fraction of sp³-hybridized carbons (Fsp3) is 0.200. The Bertz CT molecular complexity index is 1300. The van der Waals surface area contributed by atoms with Crippen LogP contribution in [0.25, 0.3) is 16.8 Å². The predicted octanol–water partition coefficient (Wildman–Crippen LogP) is 3.80. The lowest BCUT2D eigenvalue weighted by molar-refractivity contribution is -0.127. The van der Waals surface area contributed by atoms with Crippen molar-refractivity contribution in [2.45, 2.75) is 25.5 Å². The van der Waals surface area contributed by atoms with E-state index in [4.69, 9.17) is 15.5 Å². The summed E-state index contributed by atoms with van der Waals surface area (Å²) in [4.78, 5) is 27.8. The van der Waals surface area contributed by atoms with E-state index in [-0.39, 0.29) is 11.9 Å². The van der Waals surface area contributed by atoms with E-state index in [0.29, 0.717) is 36.1 Å². The quantitative estimate of drug-likeness (QED) is 0.458. The van der Waals surface area contributed by atoms with Gasteiger partial charge in [-0.3, -0.25) is 9.20 Å². The molecule has 0 radical (unpaired) electrons. The molecule has 1 aliphatic rings. The number of aromatic nitrogens is 4. The van der Waals surface area contributed by atoms with Gasteiger partial charge in [0.1, 0.15) is 29.5 Å². The summed E-state index contributed by atoms with van der Waals surface area (Å²) in [6, 6.07) is 13.5. The van der Waals surface area contributed by atoms with Crippen LogP contribution in [0.15, 0.2) is 73.7 Å². The number of likely N-dealkylation sites (tertiary alicyclic amines) is 1. The molecule has 33 heavy (non-hydrogen) atoms. The average molecular weight is 441 g/mol. The minimum absolute atomic E-state index is 0.0978. The molecule has 3 aromatic heterocycles. The maximum Gasteiger partial charge on any atom is 0.246 e. The summed E-state index contributed by atoms with van der Waals surface area (Å²) >= 11 is 0. The fourth-order valence-electron chi connectivity index (χ4n) is 4.28. The Labute approximate surface area is 191 Å². The Balaban J connectivity index is 1.48. The number of amides is 1. The molecule has 1 aromatic carbocycles. The third-order valence-electron chi connectivity index (χ3n) is 5.86. The summed E-state index contributed by atoms with van der Waals surface area (Å²) in [7, 11) is 0. The first-order valence-electron chi connectivity index (χ1n) is 10.8. The maximum absolute atomic E-state index is 12.4. The number of hydrogen-bond acceptors (Lipinski definition) is 6. The molecule has 5 rings (SSSR count). The number of pyridine rings is 1. The zero-order chi connectivity index (χ0) is 22.8. The summed E-state index contributed by atoms with van der Waals surface area (Å²) in [5.41, 5.74) is 9.50. The second-order valence-corrected chi connectivity index (χ2v) is 7.90. The van der Waals surface area contributed by atoms with Crippen LogP contribution in [0.2, 0.25) is 0 Å². The molecular formula is C25H24N6O2. The van der Waals surface area contributed by atoms with Crippen molar-refractivity contribution in [1.29, 1.82) is 0 Å². The van der Waals surface area contributed by atoms with E-state index in [1.165, 1.54) is 6.08 Å². The van der Waals surface area contributed by atoms with E-state index in [1.54, 1.807) is 17.3 Å². The first-order chi connectivity index (χ1) is 16.2. The SMILES string of the molecule is C=CC(=O)N1CCCC1c1nc(-c2ccc(OCc3ccccc3)nc2)c2c(N)nccn12. The Morgan fingerprint density at radius 3 is 2.82 bits per heavy atom. The number of hydrogen-bond donors (Lipinski definition) is 1. The summed E-state index contributed by atoms with van der Waals surface area (Å²) < 4.78 is 7.73. The molecule has 1 amide bonds. The number of imidazole rings is 1. The first kappa shape index (κ1) is 20.7. The average Bonchev–Trinajstić information content (AvgIpc) is 3.49. The van der Waals surface area contributed by atoms with Crippen molar-refractivity contribution in [1.82, 2.24) is 24.3 Å². The second kappa shape index (κ2) is 8.74. The number of nitrogen functional groups attached to an aromatic ring is 1. The van der Waals surface area contributed by atoms with Crippen LogP contribution in [0.4, 0.5) is 5.82 Å². The third kappa shape index (κ3) is 3.91. The van der Waals surface area contributed by atoms with Crippen molar-refractivity contribution in [3.8, 4) is 17.1 Å². The fourth-order valence-corrected chi connectivity index (χ4v) is 4.28. The van der Waals surface area contributed by atoms with Crippen LogP contribution >= 0.6 is 0 Å². The third-order valence-corrected chi connectivity index (χ3v) is 5.86. The van der Waals surface area contributed by atoms with Gasteiger partial charge < -0.3 is 15.4 Å². The molecule has 0 aliphatic carbocycles. The molecule has 1 aliphatic heterocycles. The predicted molar refractivity (Wildman–Crippen MR) is 125 cm³/mol. The standard InChI is InChI=1S/C25H24N6O2/c1-2-21(32)30-13-6-9-19(30)25-29-22(23-24(26)27-12-14-31(23)25)18-10-11-20(28-15-18)33-16-17-7-4-3-5-8-17/h2-5,7-8,10-12,14-15,19H,1,6,9,13,16H2,(H2,26,27). The van der Waals surface area contributed by atoms with Gasteiger partial charge in [-0.1, -0.05) is 36.9 Å². The number of ether oxygens (including phenoxy) is 1.